The third kappa shape index (κ3) is 5.32. The molecule has 1 aliphatic rings. The molecule has 1 aromatic heterocycles. The molecule has 0 saturated carbocycles. The fourth-order valence-electron chi connectivity index (χ4n) is 4.21. The zero-order chi connectivity index (χ0) is 19.9. The summed E-state index contributed by atoms with van der Waals surface area (Å²) in [5, 5.41) is 13.9. The van der Waals surface area contributed by atoms with Gasteiger partial charge in [-0.3, -0.25) is 9.80 Å². The first-order valence-corrected chi connectivity index (χ1v) is 10.5. The second-order valence-electron chi connectivity index (χ2n) is 7.79. The van der Waals surface area contributed by atoms with Gasteiger partial charge < -0.3 is 5.11 Å². The summed E-state index contributed by atoms with van der Waals surface area (Å²) < 4.78 is 1.90. The normalized spacial score (nSPS) is 18.2. The molecule has 5 heteroatoms. The van der Waals surface area contributed by atoms with Crippen LogP contribution in [-0.4, -0.2) is 63.5 Å². The molecule has 0 aliphatic carbocycles. The standard InChI is InChI=1S/C24H30N4O/c29-17-11-24-20-26(15-16-27(24)14-10-21-6-2-1-3-7-21)19-22-8-4-9-23(18-22)28-13-5-12-25-28/h1-9,12-13,18,24,29H,10-11,14-17,19-20H2/t24-/m0/s1. The van der Waals surface area contributed by atoms with Gasteiger partial charge >= 0.3 is 0 Å². The molecule has 0 bridgehead atoms. The molecule has 1 fully saturated rings. The second kappa shape index (κ2) is 9.83. The van der Waals surface area contributed by atoms with E-state index < -0.39 is 0 Å². The van der Waals surface area contributed by atoms with Crippen LogP contribution in [0.3, 0.4) is 0 Å². The van der Waals surface area contributed by atoms with E-state index in [0.29, 0.717) is 6.04 Å². The number of benzene rings is 2. The number of rotatable bonds is 8. The van der Waals surface area contributed by atoms with Crippen LogP contribution in [0, 0.1) is 0 Å². The quantitative estimate of drug-likeness (QED) is 0.642. The van der Waals surface area contributed by atoms with Crippen molar-refractivity contribution in [2.24, 2.45) is 0 Å². The molecule has 152 valence electrons. The minimum Gasteiger partial charge on any atom is -0.396 e. The molecule has 3 aromatic rings. The minimum absolute atomic E-state index is 0.245. The van der Waals surface area contributed by atoms with E-state index in [1.54, 1.807) is 6.20 Å². The van der Waals surface area contributed by atoms with Crippen molar-refractivity contribution in [3.05, 3.63) is 84.2 Å². The Hall–Kier alpha value is -2.47. The van der Waals surface area contributed by atoms with Crippen molar-refractivity contribution in [1.82, 2.24) is 19.6 Å². The molecule has 1 aliphatic heterocycles. The third-order valence-electron chi connectivity index (χ3n) is 5.77. The Bertz CT molecular complexity index is 866. The van der Waals surface area contributed by atoms with Crippen molar-refractivity contribution in [1.29, 1.82) is 0 Å². The lowest BCUT2D eigenvalue weighted by molar-refractivity contribution is 0.0562. The van der Waals surface area contributed by atoms with E-state index >= 15 is 0 Å². The first-order valence-electron chi connectivity index (χ1n) is 10.5. The molecule has 1 N–H and O–H groups in total. The molecule has 29 heavy (non-hydrogen) atoms. The average molecular weight is 391 g/mol. The zero-order valence-electron chi connectivity index (χ0n) is 16.9. The highest BCUT2D eigenvalue weighted by Gasteiger charge is 2.26. The maximum Gasteiger partial charge on any atom is 0.0648 e. The maximum atomic E-state index is 9.58. The van der Waals surface area contributed by atoms with E-state index in [0.717, 1.165) is 51.3 Å². The predicted octanol–water partition coefficient (Wildman–Crippen LogP) is 2.98. The van der Waals surface area contributed by atoms with Crippen LogP contribution in [0.15, 0.2) is 73.1 Å². The van der Waals surface area contributed by atoms with E-state index in [4.69, 9.17) is 0 Å². The van der Waals surface area contributed by atoms with E-state index in [2.05, 4.69) is 69.5 Å². The average Bonchev–Trinajstić information content (AvgIpc) is 3.29. The minimum atomic E-state index is 0.245. The molecule has 5 nitrogen and oxygen atoms in total. The van der Waals surface area contributed by atoms with Crippen molar-refractivity contribution >= 4 is 0 Å². The highest BCUT2D eigenvalue weighted by molar-refractivity contribution is 5.35. The summed E-state index contributed by atoms with van der Waals surface area (Å²) in [4.78, 5) is 5.07. The summed E-state index contributed by atoms with van der Waals surface area (Å²) in [5.74, 6) is 0. The van der Waals surface area contributed by atoms with E-state index in [-0.39, 0.29) is 6.61 Å². The smallest absolute Gasteiger partial charge is 0.0648 e. The molecule has 0 unspecified atom stereocenters. The van der Waals surface area contributed by atoms with Gasteiger partial charge in [0.05, 0.1) is 5.69 Å². The van der Waals surface area contributed by atoms with E-state index in [1.807, 2.05) is 16.9 Å². The van der Waals surface area contributed by atoms with E-state index in [1.165, 1.54) is 11.1 Å². The Morgan fingerprint density at radius 2 is 1.83 bits per heavy atom. The van der Waals surface area contributed by atoms with Crippen molar-refractivity contribution in [2.75, 3.05) is 32.8 Å². The monoisotopic (exact) mass is 390 g/mol. The van der Waals surface area contributed by atoms with Crippen LogP contribution in [0.1, 0.15) is 17.5 Å². The Morgan fingerprint density at radius 3 is 2.62 bits per heavy atom. The Morgan fingerprint density at radius 1 is 0.966 bits per heavy atom. The van der Waals surface area contributed by atoms with Crippen LogP contribution in [-0.2, 0) is 13.0 Å². The van der Waals surface area contributed by atoms with Crippen molar-refractivity contribution in [2.45, 2.75) is 25.4 Å². The van der Waals surface area contributed by atoms with Crippen LogP contribution in [0.4, 0.5) is 0 Å². The molecular weight excluding hydrogens is 360 g/mol. The van der Waals surface area contributed by atoms with Gasteiger partial charge in [-0.1, -0.05) is 42.5 Å². The zero-order valence-corrected chi connectivity index (χ0v) is 16.9. The van der Waals surface area contributed by atoms with Gasteiger partial charge in [0.15, 0.2) is 0 Å². The second-order valence-corrected chi connectivity index (χ2v) is 7.79. The molecule has 2 aromatic carbocycles. The number of aliphatic hydroxyl groups excluding tert-OH is 1. The topological polar surface area (TPSA) is 44.5 Å². The third-order valence-corrected chi connectivity index (χ3v) is 5.77. The van der Waals surface area contributed by atoms with Gasteiger partial charge in [0.2, 0.25) is 0 Å². The number of aliphatic hydroxyl groups is 1. The molecular formula is C24H30N4O. The molecule has 1 atom stereocenters. The van der Waals surface area contributed by atoms with E-state index in [9.17, 15) is 5.11 Å². The van der Waals surface area contributed by atoms with Gasteiger partial charge in [-0.2, -0.15) is 5.10 Å². The first-order chi connectivity index (χ1) is 14.3. The van der Waals surface area contributed by atoms with Gasteiger partial charge in [-0.05, 0) is 42.2 Å². The Labute approximate surface area is 173 Å². The highest BCUT2D eigenvalue weighted by atomic mass is 16.3. The Balaban J connectivity index is 1.36. The van der Waals surface area contributed by atoms with Gasteiger partial charge in [-0.25, -0.2) is 4.68 Å². The number of nitrogens with zero attached hydrogens (tertiary/aromatic N) is 4. The summed E-state index contributed by atoms with van der Waals surface area (Å²) >= 11 is 0. The van der Waals surface area contributed by atoms with Crippen molar-refractivity contribution in [3.8, 4) is 5.69 Å². The molecule has 1 saturated heterocycles. The maximum absolute atomic E-state index is 9.58. The molecule has 0 spiro atoms. The van der Waals surface area contributed by atoms with Crippen molar-refractivity contribution < 1.29 is 5.11 Å². The lowest BCUT2D eigenvalue weighted by atomic mass is 10.1. The number of aromatic nitrogens is 2. The summed E-state index contributed by atoms with van der Waals surface area (Å²) in [6.07, 6.45) is 5.68. The first kappa shape index (κ1) is 19.8. The Kier molecular flexibility index (Phi) is 6.72. The fourth-order valence-corrected chi connectivity index (χ4v) is 4.21. The summed E-state index contributed by atoms with van der Waals surface area (Å²) in [7, 11) is 0. The van der Waals surface area contributed by atoms with Crippen LogP contribution in [0.2, 0.25) is 0 Å². The number of piperazine rings is 1. The van der Waals surface area contributed by atoms with Gasteiger partial charge in [0, 0.05) is 57.8 Å². The number of hydrogen-bond donors (Lipinski definition) is 1. The summed E-state index contributed by atoms with van der Waals surface area (Å²) in [5.41, 5.74) is 3.78. The highest BCUT2D eigenvalue weighted by Crippen LogP contribution is 2.18. The largest absolute Gasteiger partial charge is 0.396 e. The molecule has 0 radical (unpaired) electrons. The fraction of sp³-hybridized carbons (Fsp3) is 0.375. The van der Waals surface area contributed by atoms with Crippen LogP contribution >= 0.6 is 0 Å². The lowest BCUT2D eigenvalue weighted by Gasteiger charge is -2.41. The summed E-state index contributed by atoms with van der Waals surface area (Å²) in [6, 6.07) is 21.6. The predicted molar refractivity (Wildman–Crippen MR) is 116 cm³/mol. The lowest BCUT2D eigenvalue weighted by Crippen LogP contribution is -2.53. The van der Waals surface area contributed by atoms with Gasteiger partial charge in [0.1, 0.15) is 0 Å². The van der Waals surface area contributed by atoms with Crippen LogP contribution in [0.25, 0.3) is 5.69 Å². The molecule has 2 heterocycles. The molecule has 4 rings (SSSR count). The van der Waals surface area contributed by atoms with Crippen LogP contribution < -0.4 is 0 Å². The van der Waals surface area contributed by atoms with Gasteiger partial charge in [0.25, 0.3) is 0 Å². The van der Waals surface area contributed by atoms with Gasteiger partial charge in [-0.15, -0.1) is 0 Å². The SMILES string of the molecule is OCC[C@H]1CN(Cc2cccc(-n3cccn3)c2)CCN1CCc1ccccc1. The molecule has 0 amide bonds. The van der Waals surface area contributed by atoms with Crippen molar-refractivity contribution in [3.63, 3.8) is 0 Å². The van der Waals surface area contributed by atoms with Crippen LogP contribution in [0.5, 0.6) is 0 Å². The number of hydrogen-bond acceptors (Lipinski definition) is 4. The summed E-state index contributed by atoms with van der Waals surface area (Å²) in [6.45, 7) is 5.34.